The summed E-state index contributed by atoms with van der Waals surface area (Å²) in [6, 6.07) is 5.53. The van der Waals surface area contributed by atoms with Gasteiger partial charge in [-0.15, -0.1) is 0 Å². The van der Waals surface area contributed by atoms with Crippen molar-refractivity contribution in [3.8, 4) is 0 Å². The lowest BCUT2D eigenvalue weighted by Gasteiger charge is -2.10. The molecule has 0 bridgehead atoms. The Kier molecular flexibility index (Phi) is 4.66. The van der Waals surface area contributed by atoms with Crippen molar-refractivity contribution in [2.24, 2.45) is 5.92 Å². The number of nitrogens with one attached hydrogen (secondary N) is 2. The lowest BCUT2D eigenvalue weighted by Crippen LogP contribution is -2.27. The molecule has 1 aromatic rings. The highest BCUT2D eigenvalue weighted by atomic mass is 79.9. The predicted molar refractivity (Wildman–Crippen MR) is 79.4 cm³/mol. The molecule has 0 aliphatic heterocycles. The molecule has 0 amide bonds. The van der Waals surface area contributed by atoms with E-state index in [1.807, 2.05) is 19.9 Å². The third kappa shape index (κ3) is 3.78. The van der Waals surface area contributed by atoms with E-state index in [4.69, 9.17) is 0 Å². The Morgan fingerprint density at radius 3 is 2.68 bits per heavy atom. The van der Waals surface area contributed by atoms with Gasteiger partial charge in [-0.3, -0.25) is 0 Å². The van der Waals surface area contributed by atoms with Crippen LogP contribution in [0.25, 0.3) is 0 Å². The first-order valence-electron chi connectivity index (χ1n) is 6.45. The predicted octanol–water partition coefficient (Wildman–Crippen LogP) is 2.25. The standard InChI is InChI=1S/C13H19BrN2O2S/c1-3-15-8-10-4-5-11(14)13(7-10)19(17,18)16-12-6-9(12)2/h4-5,7,9,12,15-16H,3,6,8H2,1-2H3. The summed E-state index contributed by atoms with van der Waals surface area (Å²) < 4.78 is 28.0. The molecule has 2 N–H and O–H groups in total. The van der Waals surface area contributed by atoms with Crippen molar-refractivity contribution >= 4 is 26.0 Å². The van der Waals surface area contributed by atoms with Crippen molar-refractivity contribution in [3.05, 3.63) is 28.2 Å². The van der Waals surface area contributed by atoms with E-state index in [2.05, 4.69) is 26.0 Å². The third-order valence-corrected chi connectivity index (χ3v) is 5.76. The van der Waals surface area contributed by atoms with Gasteiger partial charge in [0.1, 0.15) is 0 Å². The molecule has 4 nitrogen and oxygen atoms in total. The first kappa shape index (κ1) is 15.0. The molecule has 2 atom stereocenters. The van der Waals surface area contributed by atoms with Crippen LogP contribution in [0, 0.1) is 5.92 Å². The molecule has 1 aliphatic carbocycles. The quantitative estimate of drug-likeness (QED) is 0.830. The summed E-state index contributed by atoms with van der Waals surface area (Å²) in [6.45, 7) is 5.60. The van der Waals surface area contributed by atoms with Gasteiger partial charge < -0.3 is 5.32 Å². The molecule has 1 fully saturated rings. The number of benzene rings is 1. The van der Waals surface area contributed by atoms with Gasteiger partial charge in [-0.05, 0) is 52.5 Å². The fourth-order valence-corrected chi connectivity index (χ4v) is 4.25. The van der Waals surface area contributed by atoms with E-state index >= 15 is 0 Å². The maximum absolute atomic E-state index is 12.3. The largest absolute Gasteiger partial charge is 0.313 e. The molecule has 1 aliphatic rings. The zero-order chi connectivity index (χ0) is 14.0. The minimum Gasteiger partial charge on any atom is -0.313 e. The molecule has 0 heterocycles. The molecular weight excluding hydrogens is 328 g/mol. The van der Waals surface area contributed by atoms with Crippen LogP contribution in [0.15, 0.2) is 27.6 Å². The zero-order valence-electron chi connectivity index (χ0n) is 11.1. The van der Waals surface area contributed by atoms with Crippen LogP contribution in [0.2, 0.25) is 0 Å². The van der Waals surface area contributed by atoms with Crippen LogP contribution in [0.3, 0.4) is 0 Å². The van der Waals surface area contributed by atoms with Crippen molar-refractivity contribution in [2.45, 2.75) is 37.8 Å². The zero-order valence-corrected chi connectivity index (χ0v) is 13.5. The highest BCUT2D eigenvalue weighted by molar-refractivity contribution is 9.10. The SMILES string of the molecule is CCNCc1ccc(Br)c(S(=O)(=O)NC2CC2C)c1. The lowest BCUT2D eigenvalue weighted by atomic mass is 10.2. The van der Waals surface area contributed by atoms with Crippen molar-refractivity contribution in [2.75, 3.05) is 6.54 Å². The Bertz CT molecular complexity index is 560. The van der Waals surface area contributed by atoms with Crippen LogP contribution in [0.1, 0.15) is 25.8 Å². The van der Waals surface area contributed by atoms with Gasteiger partial charge in [-0.1, -0.05) is 19.9 Å². The Morgan fingerprint density at radius 1 is 1.42 bits per heavy atom. The molecule has 0 saturated heterocycles. The van der Waals surface area contributed by atoms with Gasteiger partial charge in [-0.25, -0.2) is 13.1 Å². The monoisotopic (exact) mass is 346 g/mol. The van der Waals surface area contributed by atoms with E-state index in [0.717, 1.165) is 18.5 Å². The Morgan fingerprint density at radius 2 is 2.11 bits per heavy atom. The smallest absolute Gasteiger partial charge is 0.241 e. The first-order valence-corrected chi connectivity index (χ1v) is 8.73. The average Bonchev–Trinajstić information content (AvgIpc) is 3.02. The highest BCUT2D eigenvalue weighted by Gasteiger charge is 2.36. The molecule has 1 saturated carbocycles. The van der Waals surface area contributed by atoms with E-state index < -0.39 is 10.0 Å². The fraction of sp³-hybridized carbons (Fsp3) is 0.538. The second-order valence-corrected chi connectivity index (χ2v) is 7.52. The van der Waals surface area contributed by atoms with Crippen molar-refractivity contribution < 1.29 is 8.42 Å². The number of halogens is 1. The minimum atomic E-state index is -3.43. The Hall–Kier alpha value is -0.430. The van der Waals surface area contributed by atoms with Crippen molar-refractivity contribution in [1.82, 2.24) is 10.0 Å². The molecule has 106 valence electrons. The van der Waals surface area contributed by atoms with Gasteiger partial charge in [0.15, 0.2) is 0 Å². The molecule has 19 heavy (non-hydrogen) atoms. The van der Waals surface area contributed by atoms with Crippen LogP contribution >= 0.6 is 15.9 Å². The fourth-order valence-electron chi connectivity index (χ4n) is 1.88. The average molecular weight is 347 g/mol. The van der Waals surface area contributed by atoms with E-state index in [-0.39, 0.29) is 6.04 Å². The Labute approximate surface area is 123 Å². The van der Waals surface area contributed by atoms with Gasteiger partial charge in [0, 0.05) is 17.1 Å². The number of rotatable bonds is 6. The lowest BCUT2D eigenvalue weighted by molar-refractivity contribution is 0.577. The van der Waals surface area contributed by atoms with Crippen molar-refractivity contribution in [3.63, 3.8) is 0 Å². The summed E-state index contributed by atoms with van der Waals surface area (Å²) in [5, 5.41) is 3.19. The van der Waals surface area contributed by atoms with Gasteiger partial charge in [-0.2, -0.15) is 0 Å². The van der Waals surface area contributed by atoms with Crippen molar-refractivity contribution in [1.29, 1.82) is 0 Å². The van der Waals surface area contributed by atoms with Gasteiger partial charge in [0.05, 0.1) is 4.90 Å². The summed E-state index contributed by atoms with van der Waals surface area (Å²) in [6.07, 6.45) is 0.925. The second-order valence-electron chi connectivity index (χ2n) is 4.99. The number of hydrogen-bond donors (Lipinski definition) is 2. The summed E-state index contributed by atoms with van der Waals surface area (Å²) >= 11 is 3.32. The maximum Gasteiger partial charge on any atom is 0.241 e. The number of sulfonamides is 1. The molecule has 2 rings (SSSR count). The molecule has 2 unspecified atom stereocenters. The normalized spacial score (nSPS) is 22.5. The molecule has 0 radical (unpaired) electrons. The van der Waals surface area contributed by atoms with Crippen LogP contribution in [0.4, 0.5) is 0 Å². The third-order valence-electron chi connectivity index (χ3n) is 3.28. The maximum atomic E-state index is 12.3. The van der Waals surface area contributed by atoms with Gasteiger partial charge in [0.25, 0.3) is 0 Å². The summed E-state index contributed by atoms with van der Waals surface area (Å²) in [7, 11) is -3.43. The topological polar surface area (TPSA) is 58.2 Å². The molecule has 6 heteroatoms. The van der Waals surface area contributed by atoms with Crippen LogP contribution < -0.4 is 10.0 Å². The summed E-state index contributed by atoms with van der Waals surface area (Å²) in [4.78, 5) is 0.321. The van der Waals surface area contributed by atoms with Crippen LogP contribution in [0.5, 0.6) is 0 Å². The van der Waals surface area contributed by atoms with E-state index in [1.165, 1.54) is 0 Å². The van der Waals surface area contributed by atoms with Crippen LogP contribution in [-0.2, 0) is 16.6 Å². The molecule has 0 aromatic heterocycles. The Balaban J connectivity index is 2.21. The van der Waals surface area contributed by atoms with Gasteiger partial charge >= 0.3 is 0 Å². The molecular formula is C13H19BrN2O2S. The first-order chi connectivity index (χ1) is 8.94. The van der Waals surface area contributed by atoms with E-state index in [9.17, 15) is 8.42 Å². The minimum absolute atomic E-state index is 0.0920. The van der Waals surface area contributed by atoms with Crippen LogP contribution in [-0.4, -0.2) is 21.0 Å². The summed E-state index contributed by atoms with van der Waals surface area (Å²) in [5.41, 5.74) is 0.967. The number of hydrogen-bond acceptors (Lipinski definition) is 3. The van der Waals surface area contributed by atoms with E-state index in [0.29, 0.717) is 21.8 Å². The molecule has 0 spiro atoms. The molecule has 1 aromatic carbocycles. The summed E-state index contributed by atoms with van der Waals surface area (Å²) in [5.74, 6) is 0.443. The second kappa shape index (κ2) is 5.91. The van der Waals surface area contributed by atoms with Gasteiger partial charge in [0.2, 0.25) is 10.0 Å². The van der Waals surface area contributed by atoms with E-state index in [1.54, 1.807) is 12.1 Å². The highest BCUT2D eigenvalue weighted by Crippen LogP contribution is 2.32.